The molecule has 3 N–H and O–H groups in total. The molecule has 2 aromatic rings. The summed E-state index contributed by atoms with van der Waals surface area (Å²) in [5.74, 6) is -0.371. The second kappa shape index (κ2) is 7.98. The summed E-state index contributed by atoms with van der Waals surface area (Å²) in [5.41, 5.74) is 5.06. The number of hydrogen-bond donors (Lipinski definition) is 3. The zero-order valence-electron chi connectivity index (χ0n) is 14.5. The second-order valence-corrected chi connectivity index (χ2v) is 6.89. The van der Waals surface area contributed by atoms with Crippen LogP contribution in [0.5, 0.6) is 0 Å². The van der Waals surface area contributed by atoms with Gasteiger partial charge in [0.2, 0.25) is 0 Å². The van der Waals surface area contributed by atoms with Crippen molar-refractivity contribution < 1.29 is 18.8 Å². The number of hydrazine groups is 1. The van der Waals surface area contributed by atoms with Gasteiger partial charge >= 0.3 is 0 Å². The Hall–Kier alpha value is -2.61. The number of carbonyl (C=O) groups excluding carboxylic acids is 3. The third kappa shape index (κ3) is 4.69. The molecule has 0 aliphatic rings. The molecule has 2 aromatic heterocycles. The largest absolute Gasteiger partial charge is 0.466 e. The molecule has 0 aliphatic heterocycles. The van der Waals surface area contributed by atoms with Crippen molar-refractivity contribution >= 4 is 29.1 Å². The molecule has 8 heteroatoms. The van der Waals surface area contributed by atoms with Gasteiger partial charge in [-0.1, -0.05) is 19.9 Å². The number of carbonyl (C=O) groups is 3. The van der Waals surface area contributed by atoms with E-state index >= 15 is 0 Å². The Balaban J connectivity index is 1.97. The van der Waals surface area contributed by atoms with Crippen LogP contribution in [-0.2, 0) is 4.79 Å². The van der Waals surface area contributed by atoms with Crippen molar-refractivity contribution in [2.45, 2.75) is 33.7 Å². The van der Waals surface area contributed by atoms with Gasteiger partial charge in [-0.25, -0.2) is 0 Å². The van der Waals surface area contributed by atoms with E-state index in [1.807, 2.05) is 13.8 Å². The highest BCUT2D eigenvalue weighted by molar-refractivity contribution is 7.12. The fraction of sp³-hybridized carbons (Fsp3) is 0.353. The van der Waals surface area contributed by atoms with E-state index in [0.29, 0.717) is 22.0 Å². The molecule has 0 radical (unpaired) electrons. The van der Waals surface area contributed by atoms with Gasteiger partial charge in [0.15, 0.2) is 0 Å². The van der Waals surface area contributed by atoms with Crippen LogP contribution in [0.15, 0.2) is 28.0 Å². The lowest BCUT2D eigenvalue weighted by atomic mass is 10.0. The average Bonchev–Trinajstić information content (AvgIpc) is 3.19. The maximum absolute atomic E-state index is 12.4. The van der Waals surface area contributed by atoms with E-state index in [2.05, 4.69) is 16.2 Å². The molecule has 1 atom stereocenters. The lowest BCUT2D eigenvalue weighted by Gasteiger charge is -2.21. The lowest BCUT2D eigenvalue weighted by molar-refractivity contribution is -0.124. The lowest BCUT2D eigenvalue weighted by Crippen LogP contribution is -2.54. The number of hydrogen-bond acceptors (Lipinski definition) is 5. The second-order valence-electron chi connectivity index (χ2n) is 5.94. The van der Waals surface area contributed by atoms with E-state index in [4.69, 9.17) is 4.42 Å². The normalized spacial score (nSPS) is 11.9. The first-order valence-corrected chi connectivity index (χ1v) is 8.69. The topological polar surface area (TPSA) is 100 Å². The van der Waals surface area contributed by atoms with Crippen LogP contribution in [0.2, 0.25) is 0 Å². The molecule has 0 aromatic carbocycles. The van der Waals surface area contributed by atoms with Crippen LogP contribution in [0.25, 0.3) is 0 Å². The summed E-state index contributed by atoms with van der Waals surface area (Å²) in [6.07, 6.45) is 0. The zero-order chi connectivity index (χ0) is 18.6. The summed E-state index contributed by atoms with van der Waals surface area (Å²) in [4.78, 5) is 37.1. The molecule has 0 spiro atoms. The zero-order valence-corrected chi connectivity index (χ0v) is 15.3. The van der Waals surface area contributed by atoms with Crippen LogP contribution in [-0.4, -0.2) is 23.8 Å². The van der Waals surface area contributed by atoms with Gasteiger partial charge in [-0.2, -0.15) is 0 Å². The molecule has 134 valence electrons. The highest BCUT2D eigenvalue weighted by Crippen LogP contribution is 2.13. The highest BCUT2D eigenvalue weighted by atomic mass is 32.1. The van der Waals surface area contributed by atoms with Crippen molar-refractivity contribution in [3.8, 4) is 0 Å². The number of amides is 3. The van der Waals surface area contributed by atoms with Gasteiger partial charge in [0.1, 0.15) is 17.6 Å². The van der Waals surface area contributed by atoms with Gasteiger partial charge in [-0.05, 0) is 37.3 Å². The Kier molecular flexibility index (Phi) is 5.97. The van der Waals surface area contributed by atoms with Crippen molar-refractivity contribution in [2.75, 3.05) is 0 Å². The molecule has 0 bridgehead atoms. The van der Waals surface area contributed by atoms with Crippen molar-refractivity contribution in [3.63, 3.8) is 0 Å². The Morgan fingerprint density at radius 3 is 2.36 bits per heavy atom. The molecule has 0 fully saturated rings. The molecule has 0 saturated carbocycles. The van der Waals surface area contributed by atoms with Gasteiger partial charge in [0, 0.05) is 0 Å². The number of rotatable bonds is 5. The molecular weight excluding hydrogens is 342 g/mol. The number of furan rings is 1. The van der Waals surface area contributed by atoms with Crippen molar-refractivity contribution in [1.82, 2.24) is 16.2 Å². The van der Waals surface area contributed by atoms with E-state index in [1.54, 1.807) is 37.4 Å². The minimum Gasteiger partial charge on any atom is -0.466 e. The third-order valence-electron chi connectivity index (χ3n) is 3.57. The number of nitrogens with one attached hydrogen (secondary N) is 3. The van der Waals surface area contributed by atoms with E-state index in [9.17, 15) is 14.4 Å². The summed E-state index contributed by atoms with van der Waals surface area (Å²) in [7, 11) is 0. The molecule has 0 saturated heterocycles. The standard InChI is InChI=1S/C17H21N3O4S/c1-9(2)14(18-16(22)13-6-5-7-25-13)17(23)20-19-15(21)12-8-10(3)24-11(12)4/h5-9,14H,1-4H3,(H,18,22)(H,19,21)(H,20,23). The number of thiophene rings is 1. The molecule has 0 aliphatic carbocycles. The number of aryl methyl sites for hydroxylation is 2. The summed E-state index contributed by atoms with van der Waals surface area (Å²) < 4.78 is 5.29. The average molecular weight is 363 g/mol. The Morgan fingerprint density at radius 1 is 1.12 bits per heavy atom. The summed E-state index contributed by atoms with van der Waals surface area (Å²) in [6, 6.07) is 4.26. The maximum atomic E-state index is 12.4. The first-order chi connectivity index (χ1) is 11.8. The molecule has 2 heterocycles. The van der Waals surface area contributed by atoms with Crippen LogP contribution in [0.3, 0.4) is 0 Å². The van der Waals surface area contributed by atoms with Gasteiger partial charge in [-0.15, -0.1) is 11.3 Å². The predicted molar refractivity (Wildman–Crippen MR) is 94.2 cm³/mol. The van der Waals surface area contributed by atoms with Gasteiger partial charge in [0.05, 0.1) is 10.4 Å². The summed E-state index contributed by atoms with van der Waals surface area (Å²) in [5, 5.41) is 4.47. The smallest absolute Gasteiger partial charge is 0.273 e. The van der Waals surface area contributed by atoms with Gasteiger partial charge in [0.25, 0.3) is 17.7 Å². The molecular formula is C17H21N3O4S. The third-order valence-corrected chi connectivity index (χ3v) is 4.43. The van der Waals surface area contributed by atoms with Crippen LogP contribution in [0.4, 0.5) is 0 Å². The Labute approximate surface area is 149 Å². The van der Waals surface area contributed by atoms with E-state index < -0.39 is 17.9 Å². The first-order valence-electron chi connectivity index (χ1n) is 7.81. The van der Waals surface area contributed by atoms with Crippen molar-refractivity contribution in [2.24, 2.45) is 5.92 Å². The van der Waals surface area contributed by atoms with Crippen LogP contribution < -0.4 is 16.2 Å². The monoisotopic (exact) mass is 363 g/mol. The van der Waals surface area contributed by atoms with Gasteiger partial charge < -0.3 is 9.73 Å². The van der Waals surface area contributed by atoms with Crippen LogP contribution >= 0.6 is 11.3 Å². The summed E-state index contributed by atoms with van der Waals surface area (Å²) in [6.45, 7) is 7.02. The fourth-order valence-electron chi connectivity index (χ4n) is 2.27. The minimum atomic E-state index is -0.776. The molecule has 3 amide bonds. The molecule has 7 nitrogen and oxygen atoms in total. The SMILES string of the molecule is Cc1cc(C(=O)NNC(=O)C(NC(=O)c2cccs2)C(C)C)c(C)o1. The van der Waals surface area contributed by atoms with E-state index in [0.717, 1.165) is 0 Å². The molecule has 1 unspecified atom stereocenters. The maximum Gasteiger partial charge on any atom is 0.273 e. The highest BCUT2D eigenvalue weighted by Gasteiger charge is 2.25. The van der Waals surface area contributed by atoms with Crippen LogP contribution in [0.1, 0.15) is 45.4 Å². The summed E-state index contributed by atoms with van der Waals surface area (Å²) >= 11 is 1.29. The first kappa shape index (κ1) is 18.7. The van der Waals surface area contributed by atoms with Crippen molar-refractivity contribution in [3.05, 3.63) is 45.5 Å². The minimum absolute atomic E-state index is 0.154. The Bertz CT molecular complexity index is 765. The van der Waals surface area contributed by atoms with E-state index in [1.165, 1.54) is 11.3 Å². The fourth-order valence-corrected chi connectivity index (χ4v) is 2.90. The van der Waals surface area contributed by atoms with E-state index in [-0.39, 0.29) is 11.8 Å². The van der Waals surface area contributed by atoms with Crippen molar-refractivity contribution in [1.29, 1.82) is 0 Å². The molecule has 2 rings (SSSR count). The quantitative estimate of drug-likeness (QED) is 0.709. The Morgan fingerprint density at radius 2 is 1.84 bits per heavy atom. The van der Waals surface area contributed by atoms with Crippen LogP contribution in [0, 0.1) is 19.8 Å². The predicted octanol–water partition coefficient (Wildman–Crippen LogP) is 2.17. The molecule has 25 heavy (non-hydrogen) atoms. The van der Waals surface area contributed by atoms with Gasteiger partial charge in [-0.3, -0.25) is 25.2 Å².